The number of H-pyrrole nitrogens is 1. The highest BCUT2D eigenvalue weighted by Gasteiger charge is 2.54. The molecule has 2 aromatic heterocycles. The fourth-order valence-corrected chi connectivity index (χ4v) is 11.2. The number of nitro benzene ring substituents is 1. The fraction of sp³-hybridized carbons (Fsp3) is 0.522. The van der Waals surface area contributed by atoms with Crippen molar-refractivity contribution in [3.8, 4) is 17.2 Å². The third-order valence-electron chi connectivity index (χ3n) is 13.9. The van der Waals surface area contributed by atoms with Crippen molar-refractivity contribution in [2.45, 2.75) is 70.6 Å². The molecule has 4 atom stereocenters. The van der Waals surface area contributed by atoms with Crippen LogP contribution >= 0.6 is 0 Å². The van der Waals surface area contributed by atoms with E-state index in [-0.39, 0.29) is 29.6 Å². The van der Waals surface area contributed by atoms with Crippen LogP contribution in [0.25, 0.3) is 11.0 Å². The van der Waals surface area contributed by atoms with Crippen molar-refractivity contribution in [1.82, 2.24) is 19.6 Å². The summed E-state index contributed by atoms with van der Waals surface area (Å²) in [5.74, 6) is 3.14. The van der Waals surface area contributed by atoms with Gasteiger partial charge in [-0.2, -0.15) is 0 Å². The zero-order chi connectivity index (χ0) is 42.5. The molecule has 2 aliphatic heterocycles. The largest absolute Gasteiger partial charge is 0.487 e. The molecule has 4 fully saturated rings. The molecule has 2 saturated carbocycles. The first-order valence-electron chi connectivity index (χ1n) is 21.8. The van der Waals surface area contributed by atoms with Crippen LogP contribution in [0.2, 0.25) is 0 Å². The normalized spacial score (nSPS) is 24.4. The van der Waals surface area contributed by atoms with Crippen molar-refractivity contribution < 1.29 is 32.3 Å². The smallest absolute Gasteiger partial charge is 0.312 e. The van der Waals surface area contributed by atoms with Crippen LogP contribution in [0.5, 0.6) is 17.2 Å². The standard InChI is InChI=1S/C46H56N6O8S/c1-29-20-38(39-24-37(29)39)40-25-46(2,3)12-8-32(40)27-50-14-16-51(17-15-50)33-4-6-36(43(22-33)60-34-21-31-9-13-47-44(31)48-26-34)45(53)49-61(56,57)35-5-7-42(41(23-35)52(54)55)59-28-30-10-18-58-19-11-30/h4-7,9,13,21-23,26,29-30,37-39H,8,10-12,14-20,24-25,27-28H2,1-3H3,(H,47,48)(H,49,53)/t29-,37?,38+,39?/m0/s1. The Bertz CT molecular complexity index is 2450. The van der Waals surface area contributed by atoms with E-state index in [2.05, 4.69) is 45.3 Å². The Morgan fingerprint density at radius 1 is 1.03 bits per heavy atom. The van der Waals surface area contributed by atoms with Crippen LogP contribution in [-0.2, 0) is 14.8 Å². The molecule has 324 valence electrons. The monoisotopic (exact) mass is 852 g/mol. The summed E-state index contributed by atoms with van der Waals surface area (Å²) in [5, 5.41) is 12.9. The van der Waals surface area contributed by atoms with Gasteiger partial charge >= 0.3 is 5.69 Å². The van der Waals surface area contributed by atoms with Crippen molar-refractivity contribution in [3.05, 3.63) is 87.7 Å². The lowest BCUT2D eigenvalue weighted by molar-refractivity contribution is -0.386. The minimum absolute atomic E-state index is 0.0233. The second kappa shape index (κ2) is 16.7. The summed E-state index contributed by atoms with van der Waals surface area (Å²) >= 11 is 0. The van der Waals surface area contributed by atoms with Gasteiger partial charge in [-0.25, -0.2) is 18.1 Å². The number of nitrogens with zero attached hydrogens (tertiary/aromatic N) is 4. The van der Waals surface area contributed by atoms with Gasteiger partial charge in [0.2, 0.25) is 0 Å². The summed E-state index contributed by atoms with van der Waals surface area (Å²) in [6, 6.07) is 12.2. The van der Waals surface area contributed by atoms with Crippen LogP contribution < -0.4 is 19.1 Å². The molecule has 61 heavy (non-hydrogen) atoms. The second-order valence-corrected chi connectivity index (χ2v) is 20.4. The summed E-state index contributed by atoms with van der Waals surface area (Å²) < 4.78 is 46.9. The van der Waals surface area contributed by atoms with Gasteiger partial charge in [-0.15, -0.1) is 0 Å². The van der Waals surface area contributed by atoms with Crippen LogP contribution in [0.4, 0.5) is 11.4 Å². The highest BCUT2D eigenvalue weighted by Crippen LogP contribution is 2.62. The van der Waals surface area contributed by atoms with Crippen LogP contribution in [0.1, 0.15) is 76.1 Å². The van der Waals surface area contributed by atoms with E-state index in [1.165, 1.54) is 44.2 Å². The molecule has 0 radical (unpaired) electrons. The van der Waals surface area contributed by atoms with Gasteiger partial charge in [0.15, 0.2) is 5.75 Å². The molecule has 4 aromatic rings. The lowest BCUT2D eigenvalue weighted by atomic mass is 9.69. The first kappa shape index (κ1) is 41.4. The van der Waals surface area contributed by atoms with Gasteiger partial charge in [0.25, 0.3) is 15.9 Å². The Balaban J connectivity index is 0.921. The van der Waals surface area contributed by atoms with Gasteiger partial charge in [-0.3, -0.25) is 19.8 Å². The maximum absolute atomic E-state index is 13.9. The first-order valence-corrected chi connectivity index (χ1v) is 23.3. The summed E-state index contributed by atoms with van der Waals surface area (Å²) in [7, 11) is -4.56. The minimum Gasteiger partial charge on any atom is -0.487 e. The summed E-state index contributed by atoms with van der Waals surface area (Å²) in [6.07, 6.45) is 11.2. The van der Waals surface area contributed by atoms with Crippen LogP contribution in [0, 0.1) is 45.1 Å². The van der Waals surface area contributed by atoms with Gasteiger partial charge in [0.05, 0.1) is 28.2 Å². The van der Waals surface area contributed by atoms with Crippen LogP contribution in [0.15, 0.2) is 77.0 Å². The van der Waals surface area contributed by atoms with Crippen molar-refractivity contribution in [1.29, 1.82) is 0 Å². The number of sulfonamides is 1. The molecule has 0 bridgehead atoms. The number of anilines is 1. The molecule has 2 N–H and O–H groups in total. The van der Waals surface area contributed by atoms with E-state index >= 15 is 0 Å². The molecule has 0 spiro atoms. The van der Waals surface area contributed by atoms with Gasteiger partial charge in [0, 0.05) is 75.3 Å². The van der Waals surface area contributed by atoms with E-state index in [9.17, 15) is 23.3 Å². The molecule has 2 unspecified atom stereocenters. The average Bonchev–Trinajstić information content (AvgIpc) is 3.79. The lowest BCUT2D eigenvalue weighted by Crippen LogP contribution is -2.47. The Morgan fingerprint density at radius 2 is 1.84 bits per heavy atom. The first-order chi connectivity index (χ1) is 29.3. The summed E-state index contributed by atoms with van der Waals surface area (Å²) in [4.78, 5) is 37.2. The Morgan fingerprint density at radius 3 is 2.57 bits per heavy atom. The third-order valence-corrected chi connectivity index (χ3v) is 15.2. The van der Waals surface area contributed by atoms with E-state index < -0.39 is 31.4 Å². The van der Waals surface area contributed by atoms with Gasteiger partial charge in [-0.1, -0.05) is 31.9 Å². The number of hydrogen-bond donors (Lipinski definition) is 2. The number of pyridine rings is 1. The number of fused-ring (bicyclic) bond motifs is 2. The number of benzene rings is 2. The molecule has 2 aromatic carbocycles. The van der Waals surface area contributed by atoms with E-state index in [1.807, 2.05) is 12.1 Å². The number of ether oxygens (including phenoxy) is 3. The topological polar surface area (TPSA) is 169 Å². The number of allylic oxidation sites excluding steroid dienone is 1. The minimum atomic E-state index is -4.56. The molecule has 15 heteroatoms. The number of aromatic amines is 1. The van der Waals surface area contributed by atoms with Crippen LogP contribution in [-0.4, -0.2) is 86.7 Å². The number of nitrogens with one attached hydrogen (secondary N) is 2. The molecular weight excluding hydrogens is 797 g/mol. The average molecular weight is 853 g/mol. The number of carbonyl (C=O) groups excluding carboxylic acids is 1. The van der Waals surface area contributed by atoms with E-state index in [4.69, 9.17) is 14.2 Å². The number of hydrogen-bond acceptors (Lipinski definition) is 11. The highest BCUT2D eigenvalue weighted by atomic mass is 32.2. The Hall–Kier alpha value is -4.99. The molecule has 1 amide bonds. The Labute approximate surface area is 357 Å². The predicted molar refractivity (Wildman–Crippen MR) is 232 cm³/mol. The molecule has 5 aliphatic rings. The zero-order valence-corrected chi connectivity index (χ0v) is 36.0. The Kier molecular flexibility index (Phi) is 11.3. The van der Waals surface area contributed by atoms with Crippen molar-refractivity contribution in [2.75, 3.05) is 57.4 Å². The van der Waals surface area contributed by atoms with E-state index in [1.54, 1.807) is 41.7 Å². The summed E-state index contributed by atoms with van der Waals surface area (Å²) in [6.45, 7) is 13.1. The van der Waals surface area contributed by atoms with Gasteiger partial charge in [-0.05, 0) is 116 Å². The van der Waals surface area contributed by atoms with E-state index in [0.717, 1.165) is 86.4 Å². The second-order valence-electron chi connectivity index (χ2n) is 18.7. The maximum atomic E-state index is 13.9. The van der Waals surface area contributed by atoms with E-state index in [0.29, 0.717) is 30.0 Å². The molecular formula is C46H56N6O8S. The number of nitro groups is 1. The van der Waals surface area contributed by atoms with Crippen molar-refractivity contribution in [2.24, 2.45) is 35.0 Å². The molecule has 9 rings (SSSR count). The summed E-state index contributed by atoms with van der Waals surface area (Å²) in [5.41, 5.74) is 4.79. The molecule has 4 heterocycles. The number of rotatable bonds is 13. The molecule has 2 saturated heterocycles. The quantitative estimate of drug-likeness (QED) is 0.0757. The van der Waals surface area contributed by atoms with Gasteiger partial charge < -0.3 is 24.1 Å². The third kappa shape index (κ3) is 9.01. The zero-order valence-electron chi connectivity index (χ0n) is 35.2. The molecule has 3 aliphatic carbocycles. The maximum Gasteiger partial charge on any atom is 0.312 e. The van der Waals surface area contributed by atoms with Gasteiger partial charge in [0.1, 0.15) is 17.1 Å². The fourth-order valence-electron chi connectivity index (χ4n) is 10.3. The lowest BCUT2D eigenvalue weighted by Gasteiger charge is -2.40. The highest BCUT2D eigenvalue weighted by molar-refractivity contribution is 7.90. The number of aromatic nitrogens is 2. The number of carbonyl (C=O) groups is 1. The number of piperazine rings is 1. The number of amides is 1. The van der Waals surface area contributed by atoms with Crippen LogP contribution in [0.3, 0.4) is 0 Å². The SMILES string of the molecule is C[C@H]1C[C@@H](C2=C(CN3CCN(c4ccc(C(=O)NS(=O)(=O)c5ccc(OCC6CCOCC6)c([N+](=O)[O-])c5)c(Oc5cnc6[nH]ccc6c5)c4)CC3)CCC(C)(C)C2)C2CC21. The molecule has 14 nitrogen and oxygen atoms in total. The van der Waals surface area contributed by atoms with Crippen molar-refractivity contribution in [3.63, 3.8) is 0 Å². The van der Waals surface area contributed by atoms with Crippen molar-refractivity contribution >= 4 is 38.3 Å². The predicted octanol–water partition coefficient (Wildman–Crippen LogP) is 8.11.